The van der Waals surface area contributed by atoms with Crippen LogP contribution in [0.4, 0.5) is 0 Å². The Bertz CT molecular complexity index is 1480. The summed E-state index contributed by atoms with van der Waals surface area (Å²) in [5, 5.41) is 6.79. The smallest absolute Gasteiger partial charge is 0.224 e. The molecule has 2 aromatic carbocycles. The van der Waals surface area contributed by atoms with Crippen LogP contribution in [0.3, 0.4) is 0 Å². The second-order valence-corrected chi connectivity index (χ2v) is 10.7. The summed E-state index contributed by atoms with van der Waals surface area (Å²) in [6.07, 6.45) is 3.97. The number of H-pyrrole nitrogens is 1. The number of benzene rings is 2. The van der Waals surface area contributed by atoms with Crippen LogP contribution < -0.4 is 5.32 Å². The summed E-state index contributed by atoms with van der Waals surface area (Å²) in [5.74, 6) is -0.619. The van der Waals surface area contributed by atoms with Gasteiger partial charge < -0.3 is 19.7 Å². The number of hydrogen-bond donors (Lipinski definition) is 2. The maximum atomic E-state index is 13.6. The molecule has 2 amide bonds. The van der Waals surface area contributed by atoms with Crippen molar-refractivity contribution in [3.8, 4) is 0 Å². The monoisotopic (exact) mass is 553 g/mol. The van der Waals surface area contributed by atoms with Gasteiger partial charge in [-0.2, -0.15) is 0 Å². The summed E-state index contributed by atoms with van der Waals surface area (Å²) in [7, 11) is 0. The van der Waals surface area contributed by atoms with E-state index in [1.807, 2.05) is 72.5 Å². The molecule has 1 aliphatic heterocycles. The first kappa shape index (κ1) is 28.0. The number of rotatable bonds is 11. The van der Waals surface area contributed by atoms with Crippen molar-refractivity contribution in [3.63, 3.8) is 0 Å². The molecule has 0 aliphatic carbocycles. The number of nitrogens with one attached hydrogen (secondary N) is 2. The molecule has 0 radical (unpaired) electrons. The van der Waals surface area contributed by atoms with Crippen molar-refractivity contribution in [1.29, 1.82) is 0 Å². The van der Waals surface area contributed by atoms with Crippen LogP contribution in [0.5, 0.6) is 0 Å². The van der Waals surface area contributed by atoms with Gasteiger partial charge in [0, 0.05) is 43.8 Å². The fourth-order valence-corrected chi connectivity index (χ4v) is 5.40. The van der Waals surface area contributed by atoms with E-state index in [0.717, 1.165) is 29.7 Å². The average Bonchev–Trinajstić information content (AvgIpc) is 3.75. The second kappa shape index (κ2) is 12.8. The third-order valence-electron chi connectivity index (χ3n) is 7.55. The molecule has 1 fully saturated rings. The van der Waals surface area contributed by atoms with E-state index in [4.69, 9.17) is 4.52 Å². The molecular formula is C32H35N5O4. The number of carbonyl (C=O) groups excluding carboxylic acids is 3. The number of nitrogens with zero attached hydrogens (tertiary/aromatic N) is 3. The Labute approximate surface area is 239 Å². The zero-order chi connectivity index (χ0) is 28.8. The van der Waals surface area contributed by atoms with Crippen LogP contribution in [0.1, 0.15) is 83.6 Å². The predicted molar refractivity (Wildman–Crippen MR) is 153 cm³/mol. The van der Waals surface area contributed by atoms with E-state index >= 15 is 0 Å². The van der Waals surface area contributed by atoms with Gasteiger partial charge in [0.1, 0.15) is 17.3 Å². The Morgan fingerprint density at radius 1 is 1.07 bits per heavy atom. The molecule has 0 bridgehead atoms. The number of carbonyl (C=O) groups is 3. The predicted octanol–water partition coefficient (Wildman–Crippen LogP) is 5.12. The van der Waals surface area contributed by atoms with Crippen molar-refractivity contribution in [2.45, 2.75) is 58.0 Å². The van der Waals surface area contributed by atoms with Crippen molar-refractivity contribution in [1.82, 2.24) is 25.3 Å². The number of hydrogen-bond acceptors (Lipinski definition) is 6. The van der Waals surface area contributed by atoms with Crippen LogP contribution in [0.15, 0.2) is 77.4 Å². The van der Waals surface area contributed by atoms with Crippen molar-refractivity contribution < 1.29 is 18.9 Å². The molecular weight excluding hydrogens is 518 g/mol. The molecule has 212 valence electrons. The SMILES string of the molecule is Cc1cc(C(=O)C[C@@H](CC(=O)N2CCC[C@@H]2c2ccccc2)C(=O)N[C@@H](C)c2ncc(Cc3ccccc3)[nH]2)no1. The first-order chi connectivity index (χ1) is 19.9. The lowest BCUT2D eigenvalue weighted by molar-refractivity contribution is -0.137. The molecule has 1 aliphatic rings. The Hall–Kier alpha value is -4.53. The van der Waals surface area contributed by atoms with Crippen molar-refractivity contribution in [3.05, 3.63) is 107 Å². The van der Waals surface area contributed by atoms with Crippen LogP contribution in [0, 0.1) is 12.8 Å². The summed E-state index contributed by atoms with van der Waals surface area (Å²) in [5.41, 5.74) is 3.30. The number of likely N-dealkylation sites (tertiary alicyclic amines) is 1. The fourth-order valence-electron chi connectivity index (χ4n) is 5.40. The van der Waals surface area contributed by atoms with Gasteiger partial charge in [-0.05, 0) is 37.8 Å². The first-order valence-electron chi connectivity index (χ1n) is 14.1. The minimum absolute atomic E-state index is 0.0358. The lowest BCUT2D eigenvalue weighted by atomic mass is 9.94. The van der Waals surface area contributed by atoms with E-state index < -0.39 is 12.0 Å². The number of imidazole rings is 1. The highest BCUT2D eigenvalue weighted by Crippen LogP contribution is 2.33. The Balaban J connectivity index is 1.29. The van der Waals surface area contributed by atoms with Gasteiger partial charge >= 0.3 is 0 Å². The fraction of sp³-hybridized carbons (Fsp3) is 0.344. The molecule has 9 nitrogen and oxygen atoms in total. The number of Topliss-reactive ketones (excluding diaryl/α,β-unsaturated/α-hetero) is 1. The molecule has 1 saturated heterocycles. The highest BCUT2D eigenvalue weighted by atomic mass is 16.5. The average molecular weight is 554 g/mol. The highest BCUT2D eigenvalue weighted by molar-refractivity contribution is 5.98. The van der Waals surface area contributed by atoms with Crippen LogP contribution in [-0.4, -0.2) is 44.2 Å². The molecule has 2 aromatic heterocycles. The van der Waals surface area contributed by atoms with E-state index in [0.29, 0.717) is 24.6 Å². The summed E-state index contributed by atoms with van der Waals surface area (Å²) in [4.78, 5) is 49.8. The number of aromatic amines is 1. The van der Waals surface area contributed by atoms with Gasteiger partial charge in [-0.1, -0.05) is 65.8 Å². The van der Waals surface area contributed by atoms with Gasteiger partial charge in [0.05, 0.1) is 18.0 Å². The minimum atomic E-state index is -0.870. The quantitative estimate of drug-likeness (QED) is 0.249. The lowest BCUT2D eigenvalue weighted by Gasteiger charge is -2.27. The summed E-state index contributed by atoms with van der Waals surface area (Å²) < 4.78 is 5.06. The summed E-state index contributed by atoms with van der Waals surface area (Å²) in [6.45, 7) is 4.15. The number of amides is 2. The van der Waals surface area contributed by atoms with Crippen LogP contribution in [0.25, 0.3) is 0 Å². The van der Waals surface area contributed by atoms with Gasteiger partial charge in [0.15, 0.2) is 5.78 Å². The lowest BCUT2D eigenvalue weighted by Crippen LogP contribution is -2.39. The Kier molecular flexibility index (Phi) is 8.72. The third kappa shape index (κ3) is 6.98. The standard InChI is InChI=1S/C32H35N5O4/c1-21-16-27(36-41-21)29(38)18-25(19-30(39)37-15-9-14-28(37)24-12-7-4-8-13-24)32(40)34-22(2)31-33-20-26(35-31)17-23-10-5-3-6-11-23/h3-8,10-13,16,20,22,25,28H,9,14-15,17-19H2,1-2H3,(H,33,35)(H,34,40)/t22-,25-,28+/m0/s1. The molecule has 3 heterocycles. The minimum Gasteiger partial charge on any atom is -0.361 e. The van der Waals surface area contributed by atoms with Crippen LogP contribution in [0.2, 0.25) is 0 Å². The Morgan fingerprint density at radius 2 is 1.80 bits per heavy atom. The molecule has 41 heavy (non-hydrogen) atoms. The van der Waals surface area contributed by atoms with Gasteiger partial charge in [0.25, 0.3) is 0 Å². The van der Waals surface area contributed by atoms with Crippen molar-refractivity contribution in [2.75, 3.05) is 6.54 Å². The normalized spacial score (nSPS) is 16.3. The molecule has 3 atom stereocenters. The largest absolute Gasteiger partial charge is 0.361 e. The first-order valence-corrected chi connectivity index (χ1v) is 14.1. The number of aryl methyl sites for hydroxylation is 1. The second-order valence-electron chi connectivity index (χ2n) is 10.7. The summed E-state index contributed by atoms with van der Waals surface area (Å²) >= 11 is 0. The van der Waals surface area contributed by atoms with E-state index in [2.05, 4.69) is 20.4 Å². The molecule has 0 spiro atoms. The highest BCUT2D eigenvalue weighted by Gasteiger charge is 2.34. The topological polar surface area (TPSA) is 121 Å². The summed E-state index contributed by atoms with van der Waals surface area (Å²) in [6, 6.07) is 21.0. The Morgan fingerprint density at radius 3 is 2.51 bits per heavy atom. The van der Waals surface area contributed by atoms with E-state index in [-0.39, 0.29) is 42.2 Å². The zero-order valence-electron chi connectivity index (χ0n) is 23.4. The van der Waals surface area contributed by atoms with Crippen LogP contribution in [-0.2, 0) is 16.0 Å². The maximum absolute atomic E-state index is 13.6. The molecule has 5 rings (SSSR count). The van der Waals surface area contributed by atoms with E-state index in [9.17, 15) is 14.4 Å². The van der Waals surface area contributed by atoms with Crippen molar-refractivity contribution in [2.24, 2.45) is 5.92 Å². The van der Waals surface area contributed by atoms with Gasteiger partial charge in [-0.3, -0.25) is 14.4 Å². The van der Waals surface area contributed by atoms with Crippen LogP contribution >= 0.6 is 0 Å². The number of ketones is 1. The van der Waals surface area contributed by atoms with Gasteiger partial charge in [-0.15, -0.1) is 0 Å². The zero-order valence-corrected chi connectivity index (χ0v) is 23.4. The van der Waals surface area contributed by atoms with E-state index in [1.165, 1.54) is 0 Å². The molecule has 2 N–H and O–H groups in total. The molecule has 0 saturated carbocycles. The van der Waals surface area contributed by atoms with Gasteiger partial charge in [-0.25, -0.2) is 4.98 Å². The maximum Gasteiger partial charge on any atom is 0.224 e. The number of aromatic nitrogens is 3. The van der Waals surface area contributed by atoms with Gasteiger partial charge in [0.2, 0.25) is 11.8 Å². The molecule has 0 unspecified atom stereocenters. The van der Waals surface area contributed by atoms with E-state index in [1.54, 1.807) is 19.2 Å². The molecule has 4 aromatic rings. The molecule has 9 heteroatoms. The third-order valence-corrected chi connectivity index (χ3v) is 7.55. The van der Waals surface area contributed by atoms with Crippen molar-refractivity contribution >= 4 is 17.6 Å².